The summed E-state index contributed by atoms with van der Waals surface area (Å²) in [6, 6.07) is 7.58. The molecule has 3 nitrogen and oxygen atoms in total. The molecule has 2 aliphatic rings. The first-order valence-corrected chi connectivity index (χ1v) is 7.92. The fourth-order valence-electron chi connectivity index (χ4n) is 3.46. The largest absolute Gasteiger partial charge is 0.490 e. The first-order chi connectivity index (χ1) is 9.38. The number of hydrogen-bond acceptors (Lipinski definition) is 4. The Hall–Kier alpha value is -1.13. The number of benzene rings is 1. The van der Waals surface area contributed by atoms with Gasteiger partial charge in [-0.1, -0.05) is 12.5 Å². The summed E-state index contributed by atoms with van der Waals surface area (Å²) in [5.74, 6) is 1.01. The zero-order valence-electron chi connectivity index (χ0n) is 10.8. The molecular weight excluding hydrogens is 256 g/mol. The van der Waals surface area contributed by atoms with Gasteiger partial charge in [-0.25, -0.2) is 0 Å². The monoisotopic (exact) mass is 274 g/mol. The predicted molar refractivity (Wildman–Crippen MR) is 77.8 cm³/mol. The average molecular weight is 274 g/mol. The minimum Gasteiger partial charge on any atom is -0.490 e. The lowest BCUT2D eigenvalue weighted by atomic mass is 9.85. The summed E-state index contributed by atoms with van der Waals surface area (Å²) in [5, 5.41) is 4.87. The molecule has 0 aliphatic carbocycles. The molecule has 19 heavy (non-hydrogen) atoms. The molecule has 1 N–H and O–H groups in total. The van der Waals surface area contributed by atoms with E-state index in [9.17, 15) is 0 Å². The molecule has 3 atom stereocenters. The smallest absolute Gasteiger partial charge is 0.130 e. The first kappa shape index (κ1) is 11.7. The molecule has 2 aromatic rings. The van der Waals surface area contributed by atoms with Gasteiger partial charge in [0, 0.05) is 12.1 Å². The second-order valence-electron chi connectivity index (χ2n) is 5.70. The van der Waals surface area contributed by atoms with Crippen molar-refractivity contribution in [3.05, 3.63) is 24.4 Å². The molecule has 4 rings (SSSR count). The Balaban J connectivity index is 1.56. The van der Waals surface area contributed by atoms with Crippen LogP contribution in [0, 0.1) is 0 Å². The predicted octanol–water partition coefficient (Wildman–Crippen LogP) is 3.35. The van der Waals surface area contributed by atoms with E-state index in [1.807, 2.05) is 6.20 Å². The fraction of sp³-hybridized carbons (Fsp3) is 0.533. The molecule has 2 saturated heterocycles. The van der Waals surface area contributed by atoms with Crippen LogP contribution in [0.4, 0.5) is 0 Å². The Kier molecular flexibility index (Phi) is 2.93. The van der Waals surface area contributed by atoms with Gasteiger partial charge in [0.1, 0.15) is 11.9 Å². The maximum atomic E-state index is 6.29. The van der Waals surface area contributed by atoms with Crippen molar-refractivity contribution in [2.45, 2.75) is 50.3 Å². The zero-order chi connectivity index (χ0) is 12.7. The van der Waals surface area contributed by atoms with Crippen molar-refractivity contribution in [1.29, 1.82) is 0 Å². The van der Waals surface area contributed by atoms with Gasteiger partial charge in [0.2, 0.25) is 0 Å². The van der Waals surface area contributed by atoms with Gasteiger partial charge in [-0.05, 0) is 49.3 Å². The van der Waals surface area contributed by atoms with Crippen LogP contribution in [0.2, 0.25) is 0 Å². The first-order valence-electron chi connectivity index (χ1n) is 7.14. The lowest BCUT2D eigenvalue weighted by Gasteiger charge is -2.40. The van der Waals surface area contributed by atoms with E-state index >= 15 is 0 Å². The number of fused-ring (bicyclic) bond motifs is 3. The maximum Gasteiger partial charge on any atom is 0.130 e. The summed E-state index contributed by atoms with van der Waals surface area (Å²) < 4.78 is 11.8. The minimum atomic E-state index is 0.363. The van der Waals surface area contributed by atoms with E-state index in [0.29, 0.717) is 18.2 Å². The van der Waals surface area contributed by atoms with Crippen LogP contribution in [-0.2, 0) is 0 Å². The van der Waals surface area contributed by atoms with Crippen LogP contribution in [0.5, 0.6) is 5.75 Å². The van der Waals surface area contributed by atoms with Crippen molar-refractivity contribution in [3.8, 4) is 5.75 Å². The van der Waals surface area contributed by atoms with Crippen molar-refractivity contribution in [2.24, 2.45) is 0 Å². The van der Waals surface area contributed by atoms with Crippen LogP contribution >= 0.6 is 11.5 Å². The third-order valence-electron chi connectivity index (χ3n) is 4.32. The van der Waals surface area contributed by atoms with E-state index in [1.165, 1.54) is 35.5 Å². The van der Waals surface area contributed by atoms with Gasteiger partial charge in [0.05, 0.1) is 16.3 Å². The third-order valence-corrected chi connectivity index (χ3v) is 5.09. The second kappa shape index (κ2) is 4.76. The Morgan fingerprint density at radius 3 is 2.89 bits per heavy atom. The molecule has 4 heteroatoms. The van der Waals surface area contributed by atoms with E-state index in [0.717, 1.165) is 24.0 Å². The quantitative estimate of drug-likeness (QED) is 0.912. The molecule has 0 amide bonds. The lowest BCUT2D eigenvalue weighted by Crippen LogP contribution is -2.51. The van der Waals surface area contributed by atoms with Crippen LogP contribution in [-0.4, -0.2) is 22.6 Å². The van der Waals surface area contributed by atoms with Crippen molar-refractivity contribution in [3.63, 3.8) is 0 Å². The third kappa shape index (κ3) is 2.23. The number of nitrogens with zero attached hydrogens (tertiary/aromatic N) is 1. The molecule has 0 spiro atoms. The van der Waals surface area contributed by atoms with Gasteiger partial charge in [-0.3, -0.25) is 0 Å². The Labute approximate surface area is 117 Å². The molecule has 0 radical (unpaired) electrons. The van der Waals surface area contributed by atoms with Crippen molar-refractivity contribution >= 4 is 21.6 Å². The van der Waals surface area contributed by atoms with Crippen LogP contribution < -0.4 is 10.1 Å². The summed E-state index contributed by atoms with van der Waals surface area (Å²) in [5.41, 5.74) is 0. The number of hydrogen-bond donors (Lipinski definition) is 1. The second-order valence-corrected chi connectivity index (χ2v) is 6.53. The summed E-state index contributed by atoms with van der Waals surface area (Å²) >= 11 is 1.54. The van der Waals surface area contributed by atoms with Gasteiger partial charge in [-0.2, -0.15) is 4.37 Å². The topological polar surface area (TPSA) is 34.1 Å². The van der Waals surface area contributed by atoms with E-state index in [-0.39, 0.29) is 0 Å². The molecule has 2 fully saturated rings. The summed E-state index contributed by atoms with van der Waals surface area (Å²) in [6.45, 7) is 0. The number of aromatic nitrogens is 1. The van der Waals surface area contributed by atoms with Crippen molar-refractivity contribution in [2.75, 3.05) is 0 Å². The van der Waals surface area contributed by atoms with E-state index in [4.69, 9.17) is 4.74 Å². The summed E-state index contributed by atoms with van der Waals surface area (Å²) in [7, 11) is 0. The van der Waals surface area contributed by atoms with E-state index in [1.54, 1.807) is 0 Å². The molecule has 100 valence electrons. The Morgan fingerprint density at radius 2 is 2.05 bits per heavy atom. The molecule has 1 aromatic heterocycles. The highest BCUT2D eigenvalue weighted by Gasteiger charge is 2.32. The SMILES string of the molecule is c1cc(OC2C[C@H]3CCC[C@@H](C2)N3)c2cnsc2c1. The average Bonchev–Trinajstić information content (AvgIpc) is 2.88. The number of nitrogens with one attached hydrogen (secondary N) is 1. The maximum absolute atomic E-state index is 6.29. The molecule has 1 aromatic carbocycles. The highest BCUT2D eigenvalue weighted by molar-refractivity contribution is 7.13. The highest BCUT2D eigenvalue weighted by Crippen LogP contribution is 2.32. The molecule has 1 unspecified atom stereocenters. The standard InChI is InChI=1S/C15H18N2OS/c1-3-10-7-12(8-11(4-1)17-10)18-14-5-2-6-15-13(14)9-16-19-15/h2,5-6,9-12,17H,1,3-4,7-8H2/t10-,11+,12?. The van der Waals surface area contributed by atoms with Gasteiger partial charge < -0.3 is 10.1 Å². The molecule has 2 bridgehead atoms. The molecular formula is C15H18N2OS. The number of ether oxygens (including phenoxy) is 1. The highest BCUT2D eigenvalue weighted by atomic mass is 32.1. The van der Waals surface area contributed by atoms with Gasteiger partial charge >= 0.3 is 0 Å². The molecule has 0 saturated carbocycles. The zero-order valence-corrected chi connectivity index (χ0v) is 11.7. The van der Waals surface area contributed by atoms with Crippen LogP contribution in [0.15, 0.2) is 24.4 Å². The van der Waals surface area contributed by atoms with Crippen molar-refractivity contribution in [1.82, 2.24) is 9.69 Å². The number of piperidine rings is 2. The normalized spacial score (nSPS) is 30.4. The van der Waals surface area contributed by atoms with Gasteiger partial charge in [-0.15, -0.1) is 0 Å². The summed E-state index contributed by atoms with van der Waals surface area (Å²) in [6.07, 6.45) is 8.56. The van der Waals surface area contributed by atoms with Crippen molar-refractivity contribution < 1.29 is 4.74 Å². The molecule has 3 heterocycles. The van der Waals surface area contributed by atoms with Gasteiger partial charge in [0.25, 0.3) is 0 Å². The minimum absolute atomic E-state index is 0.363. The molecule has 2 aliphatic heterocycles. The fourth-order valence-corrected chi connectivity index (χ4v) is 4.12. The number of rotatable bonds is 2. The van der Waals surface area contributed by atoms with E-state index < -0.39 is 0 Å². The van der Waals surface area contributed by atoms with Crippen LogP contribution in [0.3, 0.4) is 0 Å². The Bertz CT molecular complexity index is 570. The summed E-state index contributed by atoms with van der Waals surface area (Å²) in [4.78, 5) is 0. The van der Waals surface area contributed by atoms with Crippen LogP contribution in [0.25, 0.3) is 10.1 Å². The Morgan fingerprint density at radius 1 is 1.21 bits per heavy atom. The van der Waals surface area contributed by atoms with Gasteiger partial charge in [0.15, 0.2) is 0 Å². The van der Waals surface area contributed by atoms with E-state index in [2.05, 4.69) is 27.9 Å². The lowest BCUT2D eigenvalue weighted by molar-refractivity contribution is 0.0940. The van der Waals surface area contributed by atoms with Crippen LogP contribution in [0.1, 0.15) is 32.1 Å².